The molecule has 8 rings (SSSR count). The highest BCUT2D eigenvalue weighted by Crippen LogP contribution is 2.30. The van der Waals surface area contributed by atoms with Crippen molar-refractivity contribution in [3.05, 3.63) is 252 Å². The van der Waals surface area contributed by atoms with Gasteiger partial charge in [0.1, 0.15) is 0 Å². The number of benzene rings is 7. The molecule has 0 saturated heterocycles. The van der Waals surface area contributed by atoms with Crippen molar-refractivity contribution in [2.75, 3.05) is 0 Å². The van der Waals surface area contributed by atoms with Gasteiger partial charge in [-0.1, -0.05) is 194 Å². The second-order valence-corrected chi connectivity index (χ2v) is 13.8. The number of amidine groups is 2. The average molecular weight is 732 g/mol. The lowest BCUT2D eigenvalue weighted by molar-refractivity contribution is 1.06. The first-order chi connectivity index (χ1) is 28.2. The minimum atomic E-state index is 0.442. The molecule has 7 aromatic carbocycles. The van der Waals surface area contributed by atoms with Crippen LogP contribution in [-0.4, -0.2) is 18.4 Å². The lowest BCUT2D eigenvalue weighted by Gasteiger charge is -2.10. The van der Waals surface area contributed by atoms with Crippen molar-refractivity contribution < 1.29 is 0 Å². The quantitative estimate of drug-likeness (QED) is 0.0722. The van der Waals surface area contributed by atoms with Crippen LogP contribution in [0.15, 0.2) is 239 Å². The van der Waals surface area contributed by atoms with Gasteiger partial charge in [-0.25, -0.2) is 9.98 Å². The van der Waals surface area contributed by atoms with Gasteiger partial charge in [-0.05, 0) is 97.9 Å². The molecule has 0 saturated carbocycles. The van der Waals surface area contributed by atoms with Gasteiger partial charge in [0, 0.05) is 11.1 Å². The van der Waals surface area contributed by atoms with Crippen LogP contribution in [0.2, 0.25) is 0 Å². The fourth-order valence-corrected chi connectivity index (χ4v) is 6.66. The molecule has 0 bridgehead atoms. The maximum atomic E-state index is 5.16. The Bertz CT molecular complexity index is 2740. The smallest absolute Gasteiger partial charge is 0.161 e. The molecule has 0 spiro atoms. The van der Waals surface area contributed by atoms with Gasteiger partial charge in [0.25, 0.3) is 0 Å². The van der Waals surface area contributed by atoms with Crippen molar-refractivity contribution in [1.29, 1.82) is 0 Å². The summed E-state index contributed by atoms with van der Waals surface area (Å²) in [5, 5.41) is 2.42. The van der Waals surface area contributed by atoms with E-state index in [4.69, 9.17) is 9.98 Å². The van der Waals surface area contributed by atoms with E-state index >= 15 is 0 Å². The van der Waals surface area contributed by atoms with Gasteiger partial charge in [-0.15, -0.1) is 0 Å². The Morgan fingerprint density at radius 1 is 0.491 bits per heavy atom. The molecule has 1 aliphatic rings. The number of fused-ring (bicyclic) bond motifs is 1. The van der Waals surface area contributed by atoms with Crippen LogP contribution in [0.3, 0.4) is 0 Å². The van der Waals surface area contributed by atoms with Crippen molar-refractivity contribution in [3.63, 3.8) is 0 Å². The Morgan fingerprint density at radius 2 is 1.11 bits per heavy atom. The minimum Gasteiger partial charge on any atom is -0.261 e. The zero-order valence-corrected chi connectivity index (χ0v) is 31.6. The van der Waals surface area contributed by atoms with Crippen molar-refractivity contribution in [3.8, 4) is 22.3 Å². The summed E-state index contributed by atoms with van der Waals surface area (Å²) in [6, 6.07) is 61.1. The molecule has 0 unspecified atom stereocenters. The van der Waals surface area contributed by atoms with E-state index < -0.39 is 0 Å². The van der Waals surface area contributed by atoms with Gasteiger partial charge >= 0.3 is 0 Å². The predicted molar refractivity (Wildman–Crippen MR) is 244 cm³/mol. The number of nitrogens with zero attached hydrogens (tertiary/aromatic N) is 3. The largest absolute Gasteiger partial charge is 0.261 e. The van der Waals surface area contributed by atoms with Gasteiger partial charge in [0.2, 0.25) is 0 Å². The van der Waals surface area contributed by atoms with Crippen molar-refractivity contribution in [2.45, 2.75) is 6.54 Å². The highest BCUT2D eigenvalue weighted by atomic mass is 15.0. The Kier molecular flexibility index (Phi) is 11.4. The number of hydrogen-bond donors (Lipinski definition) is 0. The molecular formula is C54H41N3. The standard InChI is InChI=1S/C54H41N3/c1-55-53(44-22-11-5-12-23-44)57-54(52-27-15-26-47(38-52)45(34-41-28-29-41)24-13-3-8-18-40-16-6-2-7-17-40)56-39-42-19-14-25-46(35-42)49-32-33-50-36-48(30-31-51(50)37-49)43-20-9-4-10-21-43/h2-38H,1,39H2/b13-3+,18-8+,45-24+,56-54-,57-53-. The molecule has 0 aromatic heterocycles. The Balaban J connectivity index is 1.10. The molecule has 0 radical (unpaired) electrons. The number of aliphatic imine (C=N–C) groups is 3. The highest BCUT2D eigenvalue weighted by molar-refractivity contribution is 6.13. The van der Waals surface area contributed by atoms with E-state index in [0.717, 1.165) is 44.5 Å². The summed E-state index contributed by atoms with van der Waals surface area (Å²) in [5.74, 6) is 1.11. The van der Waals surface area contributed by atoms with Crippen LogP contribution in [0.25, 0.3) is 44.7 Å². The summed E-state index contributed by atoms with van der Waals surface area (Å²) >= 11 is 0. The summed E-state index contributed by atoms with van der Waals surface area (Å²) in [4.78, 5) is 14.5. The fourth-order valence-electron chi connectivity index (χ4n) is 6.66. The van der Waals surface area contributed by atoms with Crippen LogP contribution in [-0.2, 0) is 6.54 Å². The lowest BCUT2D eigenvalue weighted by Crippen LogP contribution is -2.06. The van der Waals surface area contributed by atoms with Crippen LogP contribution in [0.1, 0.15) is 27.8 Å². The van der Waals surface area contributed by atoms with E-state index in [2.05, 4.69) is 188 Å². The molecule has 0 aliphatic heterocycles. The Labute approximate surface area is 335 Å². The summed E-state index contributed by atoms with van der Waals surface area (Å²) in [6.07, 6.45) is 16.9. The van der Waals surface area contributed by atoms with Crippen LogP contribution in [0, 0.1) is 0 Å². The van der Waals surface area contributed by atoms with Gasteiger partial charge in [0.15, 0.2) is 11.7 Å². The minimum absolute atomic E-state index is 0.442. The first kappa shape index (κ1) is 36.5. The van der Waals surface area contributed by atoms with Gasteiger partial charge in [0.05, 0.1) is 6.54 Å². The molecule has 3 heteroatoms. The number of rotatable bonds is 11. The van der Waals surface area contributed by atoms with E-state index in [1.54, 1.807) is 0 Å². The fraction of sp³-hybridized carbons (Fsp3) is 0.0185. The summed E-state index contributed by atoms with van der Waals surface area (Å²) < 4.78 is 0. The topological polar surface area (TPSA) is 37.1 Å². The second kappa shape index (κ2) is 17.8. The molecule has 0 amide bonds. The maximum absolute atomic E-state index is 5.16. The first-order valence-electron chi connectivity index (χ1n) is 19.1. The van der Waals surface area contributed by atoms with Crippen LogP contribution < -0.4 is 0 Å². The molecule has 0 N–H and O–H groups in total. The Morgan fingerprint density at radius 3 is 1.82 bits per heavy atom. The molecule has 57 heavy (non-hydrogen) atoms. The zero-order valence-electron chi connectivity index (χ0n) is 31.6. The monoisotopic (exact) mass is 731 g/mol. The third kappa shape index (κ3) is 9.61. The molecule has 3 nitrogen and oxygen atoms in total. The lowest BCUT2D eigenvalue weighted by atomic mass is 9.97. The van der Waals surface area contributed by atoms with E-state index in [-0.39, 0.29) is 0 Å². The molecule has 7 aromatic rings. The van der Waals surface area contributed by atoms with Crippen molar-refractivity contribution >= 4 is 40.8 Å². The number of allylic oxidation sites excluding steroid dienone is 9. The second-order valence-electron chi connectivity index (χ2n) is 13.8. The van der Waals surface area contributed by atoms with Gasteiger partial charge in [-0.3, -0.25) is 4.99 Å². The molecular weight excluding hydrogens is 691 g/mol. The third-order valence-corrected chi connectivity index (χ3v) is 9.73. The van der Waals surface area contributed by atoms with E-state index in [1.807, 2.05) is 48.5 Å². The normalized spacial score (nSPS) is 13.1. The third-order valence-electron chi connectivity index (χ3n) is 9.73. The van der Waals surface area contributed by atoms with Crippen molar-refractivity contribution in [1.82, 2.24) is 0 Å². The predicted octanol–water partition coefficient (Wildman–Crippen LogP) is 13.4. The van der Waals surface area contributed by atoms with Crippen LogP contribution in [0.5, 0.6) is 0 Å². The van der Waals surface area contributed by atoms with E-state index in [9.17, 15) is 0 Å². The summed E-state index contributed by atoms with van der Waals surface area (Å²) in [6.45, 7) is 4.31. The molecule has 272 valence electrons. The highest BCUT2D eigenvalue weighted by Gasteiger charge is 2.11. The molecule has 0 atom stereocenters. The number of hydrogen-bond acceptors (Lipinski definition) is 1. The van der Waals surface area contributed by atoms with Crippen LogP contribution in [0.4, 0.5) is 0 Å². The molecule has 0 fully saturated rings. The first-order valence-corrected chi connectivity index (χ1v) is 19.1. The van der Waals surface area contributed by atoms with Gasteiger partial charge in [-0.2, -0.15) is 0 Å². The maximum Gasteiger partial charge on any atom is 0.161 e. The molecule has 0 heterocycles. The Hall–Kier alpha value is -7.49. The molecule has 1 aliphatic carbocycles. The van der Waals surface area contributed by atoms with Gasteiger partial charge < -0.3 is 0 Å². The van der Waals surface area contributed by atoms with E-state index in [1.165, 1.54) is 27.5 Å². The SMILES string of the molecule is C=N/C(=N\C(=N/Cc1cccc(-c2ccc3cc(-c4ccccc4)ccc3c2)c1)c1cccc(/C(C=C2C=C2)=C/C=C/C=C/c2ccccc2)c1)c1ccccc1. The van der Waals surface area contributed by atoms with Crippen LogP contribution >= 0.6 is 0 Å². The summed E-state index contributed by atoms with van der Waals surface area (Å²) in [5.41, 5.74) is 12.1. The van der Waals surface area contributed by atoms with E-state index in [0.29, 0.717) is 18.2 Å². The average Bonchev–Trinajstić information content (AvgIpc) is 4.11. The zero-order chi connectivity index (χ0) is 38.7. The van der Waals surface area contributed by atoms with Crippen molar-refractivity contribution in [2.24, 2.45) is 15.0 Å². The summed E-state index contributed by atoms with van der Waals surface area (Å²) in [7, 11) is 0.